The Balaban J connectivity index is 1.79. The highest BCUT2D eigenvalue weighted by molar-refractivity contribution is 6.29. The van der Waals surface area contributed by atoms with Gasteiger partial charge in [-0.1, -0.05) is 17.7 Å². The van der Waals surface area contributed by atoms with Gasteiger partial charge in [-0.05, 0) is 30.9 Å². The van der Waals surface area contributed by atoms with Gasteiger partial charge in [-0.3, -0.25) is 0 Å². The fourth-order valence-electron chi connectivity index (χ4n) is 1.52. The van der Waals surface area contributed by atoms with E-state index in [2.05, 4.69) is 4.98 Å². The molecule has 0 saturated carbocycles. The molecule has 0 N–H and O–H groups in total. The molecule has 1 saturated heterocycles. The molecule has 0 aliphatic carbocycles. The summed E-state index contributed by atoms with van der Waals surface area (Å²) in [6.45, 7) is 1.35. The number of nitrogens with zero attached hydrogens (tertiary/aromatic N) is 1. The van der Waals surface area contributed by atoms with Crippen LogP contribution in [0.3, 0.4) is 0 Å². The Morgan fingerprint density at radius 2 is 2.40 bits per heavy atom. The quantitative estimate of drug-likeness (QED) is 0.745. The van der Waals surface area contributed by atoms with E-state index in [-0.39, 0.29) is 6.29 Å². The summed E-state index contributed by atoms with van der Waals surface area (Å²) in [5, 5.41) is 0.507. The van der Waals surface area contributed by atoms with Crippen LogP contribution in [0.25, 0.3) is 0 Å². The Morgan fingerprint density at radius 3 is 3.07 bits per heavy atom. The molecule has 1 aromatic rings. The lowest BCUT2D eigenvalue weighted by molar-refractivity contribution is -0.168. The summed E-state index contributed by atoms with van der Waals surface area (Å²) in [7, 11) is 0. The maximum absolute atomic E-state index is 5.68. The Labute approximate surface area is 94.4 Å². The summed E-state index contributed by atoms with van der Waals surface area (Å²) < 4.78 is 11.1. The van der Waals surface area contributed by atoms with E-state index in [1.54, 1.807) is 12.3 Å². The molecule has 1 aliphatic heterocycles. The normalized spacial score (nSPS) is 21.5. The molecule has 1 aliphatic rings. The summed E-state index contributed by atoms with van der Waals surface area (Å²) >= 11 is 5.68. The van der Waals surface area contributed by atoms with Crippen molar-refractivity contribution in [1.82, 2.24) is 4.98 Å². The van der Waals surface area contributed by atoms with Crippen molar-refractivity contribution < 1.29 is 9.47 Å². The number of hydrogen-bond acceptors (Lipinski definition) is 3. The molecule has 2 heterocycles. The number of aromatic nitrogens is 1. The maximum Gasteiger partial charge on any atom is 0.158 e. The van der Waals surface area contributed by atoms with E-state index in [0.717, 1.165) is 25.0 Å². The Hall–Kier alpha value is -0.640. The second-order valence-corrected chi connectivity index (χ2v) is 3.98. The molecule has 4 heteroatoms. The third kappa shape index (κ3) is 3.45. The van der Waals surface area contributed by atoms with Crippen LogP contribution in [-0.2, 0) is 16.1 Å². The molecule has 1 fully saturated rings. The van der Waals surface area contributed by atoms with Crippen LogP contribution < -0.4 is 0 Å². The van der Waals surface area contributed by atoms with E-state index in [1.165, 1.54) is 6.42 Å². The molecule has 0 bridgehead atoms. The molecule has 0 amide bonds. The van der Waals surface area contributed by atoms with E-state index >= 15 is 0 Å². The molecule has 0 aromatic carbocycles. The first-order valence-corrected chi connectivity index (χ1v) is 5.56. The second-order valence-electron chi connectivity index (χ2n) is 3.60. The molecule has 1 atom stereocenters. The largest absolute Gasteiger partial charge is 0.353 e. The van der Waals surface area contributed by atoms with E-state index in [0.29, 0.717) is 11.8 Å². The summed E-state index contributed by atoms with van der Waals surface area (Å²) in [6.07, 6.45) is 4.99. The Kier molecular flexibility index (Phi) is 3.94. The van der Waals surface area contributed by atoms with Crippen LogP contribution in [0.1, 0.15) is 24.8 Å². The van der Waals surface area contributed by atoms with Gasteiger partial charge in [-0.2, -0.15) is 0 Å². The second kappa shape index (κ2) is 5.45. The highest BCUT2D eigenvalue weighted by atomic mass is 35.5. The third-order valence-electron chi connectivity index (χ3n) is 2.36. The lowest BCUT2D eigenvalue weighted by Gasteiger charge is -2.22. The zero-order valence-corrected chi connectivity index (χ0v) is 9.24. The van der Waals surface area contributed by atoms with Crippen molar-refractivity contribution in [1.29, 1.82) is 0 Å². The van der Waals surface area contributed by atoms with Crippen LogP contribution in [0.15, 0.2) is 18.3 Å². The first kappa shape index (κ1) is 10.9. The average molecular weight is 228 g/mol. The molecular weight excluding hydrogens is 214 g/mol. The van der Waals surface area contributed by atoms with Gasteiger partial charge in [0.25, 0.3) is 0 Å². The maximum atomic E-state index is 5.68. The van der Waals surface area contributed by atoms with Crippen molar-refractivity contribution in [2.45, 2.75) is 32.2 Å². The minimum absolute atomic E-state index is 0.0468. The number of rotatable bonds is 3. The average Bonchev–Trinajstić information content (AvgIpc) is 2.30. The van der Waals surface area contributed by atoms with Crippen LogP contribution in [0.4, 0.5) is 0 Å². The minimum Gasteiger partial charge on any atom is -0.353 e. The van der Waals surface area contributed by atoms with Crippen LogP contribution in [-0.4, -0.2) is 17.9 Å². The van der Waals surface area contributed by atoms with Crippen LogP contribution in [0.5, 0.6) is 0 Å². The highest BCUT2D eigenvalue weighted by Crippen LogP contribution is 2.15. The van der Waals surface area contributed by atoms with Crippen molar-refractivity contribution in [3.05, 3.63) is 29.0 Å². The van der Waals surface area contributed by atoms with Crippen LogP contribution in [0.2, 0.25) is 5.15 Å². The lowest BCUT2D eigenvalue weighted by atomic mass is 10.2. The predicted molar refractivity (Wildman–Crippen MR) is 57.6 cm³/mol. The lowest BCUT2D eigenvalue weighted by Crippen LogP contribution is -2.22. The van der Waals surface area contributed by atoms with E-state index < -0.39 is 0 Å². The monoisotopic (exact) mass is 227 g/mol. The van der Waals surface area contributed by atoms with E-state index in [9.17, 15) is 0 Å². The van der Waals surface area contributed by atoms with Gasteiger partial charge in [0.2, 0.25) is 0 Å². The SMILES string of the molecule is Clc1ccc(COC2CCCCO2)cn1. The van der Waals surface area contributed by atoms with Crippen LogP contribution >= 0.6 is 11.6 Å². The van der Waals surface area contributed by atoms with Crippen molar-refractivity contribution in [3.8, 4) is 0 Å². The zero-order chi connectivity index (χ0) is 10.5. The topological polar surface area (TPSA) is 31.4 Å². The van der Waals surface area contributed by atoms with Gasteiger partial charge in [-0.25, -0.2) is 4.98 Å². The molecule has 1 aromatic heterocycles. The summed E-state index contributed by atoms with van der Waals surface area (Å²) in [6, 6.07) is 3.68. The van der Waals surface area contributed by atoms with Gasteiger partial charge in [0.1, 0.15) is 5.15 Å². The number of ether oxygens (including phenoxy) is 2. The smallest absolute Gasteiger partial charge is 0.158 e. The number of pyridine rings is 1. The van der Waals surface area contributed by atoms with Crippen molar-refractivity contribution in [2.75, 3.05) is 6.61 Å². The fourth-order valence-corrected chi connectivity index (χ4v) is 1.64. The summed E-state index contributed by atoms with van der Waals surface area (Å²) in [5.41, 5.74) is 1.02. The van der Waals surface area contributed by atoms with Gasteiger partial charge < -0.3 is 9.47 Å². The van der Waals surface area contributed by atoms with E-state index in [1.807, 2.05) is 6.07 Å². The van der Waals surface area contributed by atoms with Gasteiger partial charge in [0, 0.05) is 12.8 Å². The Bertz CT molecular complexity index is 296. The minimum atomic E-state index is -0.0468. The fraction of sp³-hybridized carbons (Fsp3) is 0.545. The van der Waals surface area contributed by atoms with Crippen molar-refractivity contribution >= 4 is 11.6 Å². The predicted octanol–water partition coefficient (Wildman–Crippen LogP) is 2.78. The van der Waals surface area contributed by atoms with Crippen LogP contribution in [0, 0.1) is 0 Å². The highest BCUT2D eigenvalue weighted by Gasteiger charge is 2.13. The number of hydrogen-bond donors (Lipinski definition) is 0. The molecule has 82 valence electrons. The standard InChI is InChI=1S/C11H14ClNO2/c12-10-5-4-9(7-13-10)8-15-11-3-1-2-6-14-11/h4-5,7,11H,1-3,6,8H2. The van der Waals surface area contributed by atoms with Gasteiger partial charge >= 0.3 is 0 Å². The zero-order valence-electron chi connectivity index (χ0n) is 8.49. The number of halogens is 1. The molecular formula is C11H14ClNO2. The van der Waals surface area contributed by atoms with Gasteiger partial charge in [0.15, 0.2) is 6.29 Å². The molecule has 0 radical (unpaired) electrons. The molecule has 1 unspecified atom stereocenters. The van der Waals surface area contributed by atoms with Gasteiger partial charge in [0.05, 0.1) is 6.61 Å². The summed E-state index contributed by atoms with van der Waals surface area (Å²) in [4.78, 5) is 3.99. The first-order chi connectivity index (χ1) is 7.34. The van der Waals surface area contributed by atoms with Crippen molar-refractivity contribution in [2.24, 2.45) is 0 Å². The van der Waals surface area contributed by atoms with Gasteiger partial charge in [-0.15, -0.1) is 0 Å². The molecule has 15 heavy (non-hydrogen) atoms. The third-order valence-corrected chi connectivity index (χ3v) is 2.59. The molecule has 2 rings (SSSR count). The van der Waals surface area contributed by atoms with E-state index in [4.69, 9.17) is 21.1 Å². The molecule has 0 spiro atoms. The Morgan fingerprint density at radius 1 is 1.47 bits per heavy atom. The summed E-state index contributed by atoms with van der Waals surface area (Å²) in [5.74, 6) is 0. The van der Waals surface area contributed by atoms with Crippen molar-refractivity contribution in [3.63, 3.8) is 0 Å². The first-order valence-electron chi connectivity index (χ1n) is 5.18. The molecule has 3 nitrogen and oxygen atoms in total.